The number of hydrogen-bond acceptors (Lipinski definition) is 3. The smallest absolute Gasteiger partial charge is 0.246 e. The van der Waals surface area contributed by atoms with Crippen molar-refractivity contribution in [1.29, 1.82) is 0 Å². The molecule has 6 nitrogen and oxygen atoms in total. The Kier molecular flexibility index (Phi) is 8.25. The maximum atomic E-state index is 10.9. The number of rotatable bonds is 5. The van der Waals surface area contributed by atoms with E-state index in [1.54, 1.807) is 0 Å². The third-order valence-corrected chi connectivity index (χ3v) is 2.56. The van der Waals surface area contributed by atoms with Crippen LogP contribution in [0.4, 0.5) is 0 Å². The minimum atomic E-state index is -0.448. The number of amides is 1. The first-order chi connectivity index (χ1) is 7.99. The molecule has 0 aliphatic carbocycles. The second-order valence-electron chi connectivity index (χ2n) is 4.73. The number of aliphatic imine (C=N–C) groups is 1. The molecule has 1 saturated heterocycles. The Morgan fingerprint density at radius 3 is 2.61 bits per heavy atom. The summed E-state index contributed by atoms with van der Waals surface area (Å²) < 4.78 is 5.45. The molecule has 7 heteroatoms. The van der Waals surface area contributed by atoms with Crippen LogP contribution in [-0.4, -0.2) is 37.2 Å². The highest BCUT2D eigenvalue weighted by atomic mass is 127. The van der Waals surface area contributed by atoms with Crippen molar-refractivity contribution in [2.45, 2.75) is 38.9 Å². The molecule has 1 aliphatic heterocycles. The molecule has 5 N–H and O–H groups in total. The van der Waals surface area contributed by atoms with E-state index in [-0.39, 0.29) is 30.1 Å². The summed E-state index contributed by atoms with van der Waals surface area (Å²) in [6.45, 7) is 5.42. The highest BCUT2D eigenvalue weighted by molar-refractivity contribution is 14.0. The quantitative estimate of drug-likeness (QED) is 0.365. The van der Waals surface area contributed by atoms with E-state index < -0.39 is 12.0 Å². The lowest BCUT2D eigenvalue weighted by molar-refractivity contribution is -0.128. The molecule has 1 amide bonds. The van der Waals surface area contributed by atoms with Gasteiger partial charge in [0.2, 0.25) is 5.91 Å². The maximum Gasteiger partial charge on any atom is 0.246 e. The predicted molar refractivity (Wildman–Crippen MR) is 81.8 cm³/mol. The summed E-state index contributed by atoms with van der Waals surface area (Å²) in [5.41, 5.74) is 10.9. The third-order valence-electron chi connectivity index (χ3n) is 2.56. The average Bonchev–Trinajstić information content (AvgIpc) is 2.72. The number of carbonyl (C=O) groups is 1. The summed E-state index contributed by atoms with van der Waals surface area (Å²) in [5.74, 6) is 0.510. The van der Waals surface area contributed by atoms with Gasteiger partial charge in [-0.2, -0.15) is 0 Å². The molecule has 0 aromatic rings. The lowest BCUT2D eigenvalue weighted by Crippen LogP contribution is -2.38. The second kappa shape index (κ2) is 8.52. The van der Waals surface area contributed by atoms with Crippen LogP contribution in [0.3, 0.4) is 0 Å². The molecule has 0 radical (unpaired) electrons. The van der Waals surface area contributed by atoms with Crippen LogP contribution in [0.15, 0.2) is 4.99 Å². The summed E-state index contributed by atoms with van der Waals surface area (Å²) in [7, 11) is 0. The minimum absolute atomic E-state index is 0. The van der Waals surface area contributed by atoms with Crippen molar-refractivity contribution in [3.63, 3.8) is 0 Å². The minimum Gasteiger partial charge on any atom is -0.370 e. The van der Waals surface area contributed by atoms with Crippen molar-refractivity contribution in [2.75, 3.05) is 13.1 Å². The highest BCUT2D eigenvalue weighted by Gasteiger charge is 2.28. The Bertz CT molecular complexity index is 297. The van der Waals surface area contributed by atoms with Crippen molar-refractivity contribution in [3.8, 4) is 0 Å². The van der Waals surface area contributed by atoms with Crippen molar-refractivity contribution in [1.82, 2.24) is 5.32 Å². The van der Waals surface area contributed by atoms with Gasteiger partial charge in [0.1, 0.15) is 6.10 Å². The van der Waals surface area contributed by atoms with Gasteiger partial charge >= 0.3 is 0 Å². The van der Waals surface area contributed by atoms with Gasteiger partial charge in [0, 0.05) is 13.1 Å². The van der Waals surface area contributed by atoms with Crippen molar-refractivity contribution in [3.05, 3.63) is 0 Å². The number of nitrogens with two attached hydrogens (primary N) is 2. The Hall–Kier alpha value is -0.570. The molecule has 18 heavy (non-hydrogen) atoms. The molecule has 1 heterocycles. The molecule has 106 valence electrons. The first-order valence-electron chi connectivity index (χ1n) is 5.97. The van der Waals surface area contributed by atoms with Gasteiger partial charge in [-0.25, -0.2) is 0 Å². The van der Waals surface area contributed by atoms with Gasteiger partial charge in [-0.15, -0.1) is 24.0 Å². The summed E-state index contributed by atoms with van der Waals surface area (Å²) in [4.78, 5) is 15.1. The van der Waals surface area contributed by atoms with E-state index >= 15 is 0 Å². The van der Waals surface area contributed by atoms with Crippen LogP contribution in [0.1, 0.15) is 26.7 Å². The first kappa shape index (κ1) is 17.4. The molecular weight excluding hydrogens is 347 g/mol. The van der Waals surface area contributed by atoms with Gasteiger partial charge < -0.3 is 21.5 Å². The number of primary amides is 1. The van der Waals surface area contributed by atoms with Crippen LogP contribution in [0.2, 0.25) is 0 Å². The number of hydrogen-bond donors (Lipinski definition) is 3. The molecule has 0 aromatic carbocycles. The SMILES string of the molecule is CC(C)CN=C(N)NCC1CCC(C(N)=O)O1.I. The van der Waals surface area contributed by atoms with Gasteiger partial charge in [-0.1, -0.05) is 13.8 Å². The first-order valence-corrected chi connectivity index (χ1v) is 5.97. The predicted octanol–water partition coefficient (Wildman–Crippen LogP) is 0.198. The van der Waals surface area contributed by atoms with Crippen LogP contribution in [-0.2, 0) is 9.53 Å². The van der Waals surface area contributed by atoms with E-state index in [9.17, 15) is 4.79 Å². The van der Waals surface area contributed by atoms with E-state index in [0.717, 1.165) is 6.42 Å². The number of carbonyl (C=O) groups excluding carboxylic acids is 1. The molecule has 0 spiro atoms. The fraction of sp³-hybridized carbons (Fsp3) is 0.818. The van der Waals surface area contributed by atoms with Crippen LogP contribution < -0.4 is 16.8 Å². The Labute approximate surface area is 125 Å². The zero-order valence-electron chi connectivity index (χ0n) is 10.9. The molecule has 1 rings (SSSR count). The molecule has 1 aliphatic rings. The lowest BCUT2D eigenvalue weighted by Gasteiger charge is -2.13. The van der Waals surface area contributed by atoms with E-state index in [0.29, 0.717) is 31.4 Å². The van der Waals surface area contributed by atoms with Crippen molar-refractivity contribution >= 4 is 35.8 Å². The average molecular weight is 370 g/mol. The van der Waals surface area contributed by atoms with Crippen LogP contribution in [0, 0.1) is 5.92 Å². The fourth-order valence-electron chi connectivity index (χ4n) is 1.62. The highest BCUT2D eigenvalue weighted by Crippen LogP contribution is 2.18. The van der Waals surface area contributed by atoms with E-state index in [1.807, 2.05) is 0 Å². The van der Waals surface area contributed by atoms with Crippen molar-refractivity contribution in [2.24, 2.45) is 22.4 Å². The number of guanidine groups is 1. The fourth-order valence-corrected chi connectivity index (χ4v) is 1.62. The summed E-state index contributed by atoms with van der Waals surface area (Å²) in [6, 6.07) is 0. The number of nitrogens with zero attached hydrogens (tertiary/aromatic N) is 1. The van der Waals surface area contributed by atoms with Gasteiger partial charge in [-0.3, -0.25) is 9.79 Å². The summed E-state index contributed by atoms with van der Waals surface area (Å²) in [5, 5.41) is 2.99. The topological polar surface area (TPSA) is 103 Å². The van der Waals surface area contributed by atoms with Crippen molar-refractivity contribution < 1.29 is 9.53 Å². The standard InChI is InChI=1S/C11H22N4O2.HI/c1-7(2)5-14-11(13)15-6-8-3-4-9(17-8)10(12)16;/h7-9H,3-6H2,1-2H3,(H2,12,16)(H3,13,14,15);1H. The number of halogens is 1. The van der Waals surface area contributed by atoms with Crippen LogP contribution in [0.25, 0.3) is 0 Å². The van der Waals surface area contributed by atoms with Gasteiger partial charge in [0.25, 0.3) is 0 Å². The van der Waals surface area contributed by atoms with Crippen LogP contribution in [0.5, 0.6) is 0 Å². The summed E-state index contributed by atoms with van der Waals surface area (Å²) >= 11 is 0. The van der Waals surface area contributed by atoms with Gasteiger partial charge in [-0.05, 0) is 18.8 Å². The maximum absolute atomic E-state index is 10.9. The van der Waals surface area contributed by atoms with E-state index in [4.69, 9.17) is 16.2 Å². The van der Waals surface area contributed by atoms with E-state index in [2.05, 4.69) is 24.2 Å². The Balaban J connectivity index is 0.00000289. The van der Waals surface area contributed by atoms with Gasteiger partial charge in [0.05, 0.1) is 6.10 Å². The third kappa shape index (κ3) is 6.39. The Morgan fingerprint density at radius 1 is 1.44 bits per heavy atom. The normalized spacial score (nSPS) is 23.8. The molecule has 2 unspecified atom stereocenters. The van der Waals surface area contributed by atoms with Gasteiger partial charge in [0.15, 0.2) is 5.96 Å². The summed E-state index contributed by atoms with van der Waals surface area (Å²) in [6.07, 6.45) is 1.04. The van der Waals surface area contributed by atoms with E-state index in [1.165, 1.54) is 0 Å². The number of ether oxygens (including phenoxy) is 1. The zero-order valence-corrected chi connectivity index (χ0v) is 13.2. The molecule has 0 saturated carbocycles. The largest absolute Gasteiger partial charge is 0.370 e. The molecular formula is C11H23IN4O2. The lowest BCUT2D eigenvalue weighted by atomic mass is 10.2. The molecule has 1 fully saturated rings. The number of nitrogens with one attached hydrogen (secondary N) is 1. The van der Waals surface area contributed by atoms with Crippen LogP contribution >= 0.6 is 24.0 Å². The second-order valence-corrected chi connectivity index (χ2v) is 4.73. The Morgan fingerprint density at radius 2 is 2.11 bits per heavy atom. The molecule has 0 bridgehead atoms. The molecule has 2 atom stereocenters. The zero-order chi connectivity index (χ0) is 12.8. The monoisotopic (exact) mass is 370 g/mol. The molecule has 0 aromatic heterocycles.